The van der Waals surface area contributed by atoms with E-state index in [0.29, 0.717) is 13.0 Å². The summed E-state index contributed by atoms with van der Waals surface area (Å²) in [6.07, 6.45) is -4.05. The minimum Gasteiger partial charge on any atom is -0.406 e. The van der Waals surface area contributed by atoms with Crippen LogP contribution in [-0.2, 0) is 4.79 Å². The van der Waals surface area contributed by atoms with Gasteiger partial charge in [-0.05, 0) is 32.0 Å². The number of anilines is 1. The van der Waals surface area contributed by atoms with Gasteiger partial charge in [0.25, 0.3) is 0 Å². The van der Waals surface area contributed by atoms with Crippen molar-refractivity contribution in [1.29, 1.82) is 0 Å². The van der Waals surface area contributed by atoms with E-state index in [4.69, 9.17) is 0 Å². The molecule has 1 aliphatic rings. The average Bonchev–Trinajstić information content (AvgIpc) is 2.76. The molecule has 2 rings (SSSR count). The van der Waals surface area contributed by atoms with Gasteiger partial charge in [0.1, 0.15) is 5.75 Å². The van der Waals surface area contributed by atoms with Crippen molar-refractivity contribution >= 4 is 24.0 Å². The number of hydrogen-bond acceptors (Lipinski definition) is 3. The van der Waals surface area contributed by atoms with Crippen molar-refractivity contribution in [2.75, 3.05) is 18.4 Å². The molecule has 0 spiro atoms. The lowest BCUT2D eigenvalue weighted by atomic mass is 9.89. The number of halogens is 4. The fourth-order valence-corrected chi connectivity index (χ4v) is 2.06. The second kappa shape index (κ2) is 6.53. The predicted molar refractivity (Wildman–Crippen MR) is 74.6 cm³/mol. The summed E-state index contributed by atoms with van der Waals surface area (Å²) in [5.41, 5.74) is -0.258. The van der Waals surface area contributed by atoms with Gasteiger partial charge in [-0.15, -0.1) is 25.6 Å². The summed E-state index contributed by atoms with van der Waals surface area (Å²) in [6, 6.07) is 5.25. The van der Waals surface area contributed by atoms with Crippen LogP contribution in [0, 0.1) is 5.41 Å². The fourth-order valence-electron chi connectivity index (χ4n) is 2.06. The van der Waals surface area contributed by atoms with E-state index >= 15 is 0 Å². The van der Waals surface area contributed by atoms with Gasteiger partial charge in [0, 0.05) is 18.3 Å². The lowest BCUT2D eigenvalue weighted by Gasteiger charge is -2.21. The highest BCUT2D eigenvalue weighted by Crippen LogP contribution is 2.28. The largest absolute Gasteiger partial charge is 0.573 e. The van der Waals surface area contributed by atoms with E-state index in [2.05, 4.69) is 15.4 Å². The van der Waals surface area contributed by atoms with Gasteiger partial charge in [0.15, 0.2) is 0 Å². The molecule has 1 unspecified atom stereocenters. The van der Waals surface area contributed by atoms with Crippen LogP contribution in [0.25, 0.3) is 0 Å². The molecule has 1 atom stereocenters. The smallest absolute Gasteiger partial charge is 0.406 e. The van der Waals surface area contributed by atoms with Gasteiger partial charge >= 0.3 is 6.36 Å². The van der Waals surface area contributed by atoms with Crippen LogP contribution in [0.5, 0.6) is 5.75 Å². The highest BCUT2D eigenvalue weighted by atomic mass is 35.5. The second-order valence-corrected chi connectivity index (χ2v) is 5.02. The van der Waals surface area contributed by atoms with E-state index in [0.717, 1.165) is 12.6 Å². The molecule has 4 nitrogen and oxygen atoms in total. The molecular weight excluding hydrogens is 309 g/mol. The Balaban J connectivity index is 0.00000220. The Morgan fingerprint density at radius 3 is 2.71 bits per heavy atom. The van der Waals surface area contributed by atoms with Gasteiger partial charge in [-0.25, -0.2) is 0 Å². The van der Waals surface area contributed by atoms with Crippen molar-refractivity contribution in [2.24, 2.45) is 5.41 Å². The monoisotopic (exact) mass is 324 g/mol. The zero-order chi connectivity index (χ0) is 14.8. The molecule has 0 aliphatic carbocycles. The van der Waals surface area contributed by atoms with Crippen LogP contribution in [-0.4, -0.2) is 25.4 Å². The molecule has 0 aromatic heterocycles. The van der Waals surface area contributed by atoms with Crippen LogP contribution in [0.3, 0.4) is 0 Å². The Morgan fingerprint density at radius 1 is 1.43 bits per heavy atom. The summed E-state index contributed by atoms with van der Waals surface area (Å²) < 4.78 is 40.2. The number of carbonyl (C=O) groups excluding carboxylic acids is 1. The Labute approximate surface area is 126 Å². The number of ether oxygens (including phenoxy) is 1. The molecule has 21 heavy (non-hydrogen) atoms. The molecule has 1 fully saturated rings. The van der Waals surface area contributed by atoms with E-state index in [1.165, 1.54) is 18.2 Å². The first-order valence-corrected chi connectivity index (χ1v) is 6.16. The first-order chi connectivity index (χ1) is 9.28. The lowest BCUT2D eigenvalue weighted by Crippen LogP contribution is -2.35. The molecule has 1 aromatic rings. The molecule has 1 amide bonds. The first kappa shape index (κ1) is 17.6. The third-order valence-electron chi connectivity index (χ3n) is 3.24. The van der Waals surface area contributed by atoms with E-state index in [9.17, 15) is 18.0 Å². The van der Waals surface area contributed by atoms with E-state index in [1.807, 2.05) is 6.92 Å². The Bertz CT molecular complexity index is 502. The summed E-state index contributed by atoms with van der Waals surface area (Å²) >= 11 is 0. The van der Waals surface area contributed by atoms with Gasteiger partial charge in [-0.1, -0.05) is 6.07 Å². The first-order valence-electron chi connectivity index (χ1n) is 6.16. The maximum atomic E-state index is 12.1. The van der Waals surface area contributed by atoms with E-state index in [1.54, 1.807) is 0 Å². The Hall–Kier alpha value is -1.47. The zero-order valence-corrected chi connectivity index (χ0v) is 12.1. The molecule has 118 valence electrons. The maximum absolute atomic E-state index is 12.1. The summed E-state index contributed by atoms with van der Waals surface area (Å²) in [7, 11) is 0. The standard InChI is InChI=1S/C13H15F3N2O2.ClH/c1-12(5-6-17-8-12)11(19)18-9-3-2-4-10(7-9)20-13(14,15)16;/h2-4,7,17H,5-6,8H2,1H3,(H,18,19);1H. The van der Waals surface area contributed by atoms with Crippen LogP contribution in [0.4, 0.5) is 18.9 Å². The van der Waals surface area contributed by atoms with Crippen molar-refractivity contribution in [3.8, 4) is 5.75 Å². The number of hydrogen-bond donors (Lipinski definition) is 2. The van der Waals surface area contributed by atoms with Crippen molar-refractivity contribution in [2.45, 2.75) is 19.7 Å². The molecule has 8 heteroatoms. The third-order valence-corrected chi connectivity index (χ3v) is 3.24. The molecule has 1 saturated heterocycles. The summed E-state index contributed by atoms with van der Waals surface area (Å²) in [6.45, 7) is 3.12. The molecule has 2 N–H and O–H groups in total. The summed E-state index contributed by atoms with van der Waals surface area (Å²) in [4.78, 5) is 12.1. The molecule has 1 aliphatic heterocycles. The SMILES string of the molecule is CC1(C(=O)Nc2cccc(OC(F)(F)F)c2)CCNC1.Cl. The predicted octanol–water partition coefficient (Wildman–Crippen LogP) is 2.95. The fraction of sp³-hybridized carbons (Fsp3) is 0.462. The van der Waals surface area contributed by atoms with Crippen molar-refractivity contribution in [3.63, 3.8) is 0 Å². The van der Waals surface area contributed by atoms with E-state index < -0.39 is 11.8 Å². The van der Waals surface area contributed by atoms with Gasteiger partial charge in [-0.2, -0.15) is 0 Å². The second-order valence-electron chi connectivity index (χ2n) is 5.02. The number of rotatable bonds is 3. The van der Waals surface area contributed by atoms with E-state index in [-0.39, 0.29) is 29.8 Å². The number of nitrogens with one attached hydrogen (secondary N) is 2. The molecule has 0 bridgehead atoms. The maximum Gasteiger partial charge on any atom is 0.573 e. The number of alkyl halides is 3. The van der Waals surface area contributed by atoms with Gasteiger partial charge in [0.05, 0.1) is 5.41 Å². The number of carbonyl (C=O) groups is 1. The van der Waals surface area contributed by atoms with Crippen LogP contribution < -0.4 is 15.4 Å². The zero-order valence-electron chi connectivity index (χ0n) is 11.3. The van der Waals surface area contributed by atoms with Crippen molar-refractivity contribution < 1.29 is 22.7 Å². The average molecular weight is 325 g/mol. The number of benzene rings is 1. The van der Waals surface area contributed by atoms with Gasteiger partial charge in [0.2, 0.25) is 5.91 Å². The normalized spacial score (nSPS) is 21.5. The third kappa shape index (κ3) is 4.78. The van der Waals surface area contributed by atoms with Crippen molar-refractivity contribution in [1.82, 2.24) is 5.32 Å². The molecular formula is C13H16ClF3N2O2. The Morgan fingerprint density at radius 2 is 2.14 bits per heavy atom. The molecule has 0 radical (unpaired) electrons. The minimum absolute atomic E-state index is 0. The molecule has 0 saturated carbocycles. The van der Waals surface area contributed by atoms with Crippen LogP contribution in [0.1, 0.15) is 13.3 Å². The summed E-state index contributed by atoms with van der Waals surface area (Å²) in [5.74, 6) is -0.573. The minimum atomic E-state index is -4.75. The van der Waals surface area contributed by atoms with Crippen molar-refractivity contribution in [3.05, 3.63) is 24.3 Å². The summed E-state index contributed by atoms with van der Waals surface area (Å²) in [5, 5.41) is 5.71. The highest BCUT2D eigenvalue weighted by Gasteiger charge is 2.36. The quantitative estimate of drug-likeness (QED) is 0.899. The van der Waals surface area contributed by atoms with Crippen LogP contribution >= 0.6 is 12.4 Å². The number of amides is 1. The topological polar surface area (TPSA) is 50.4 Å². The van der Waals surface area contributed by atoms with Crippen LogP contribution in [0.15, 0.2) is 24.3 Å². The lowest BCUT2D eigenvalue weighted by molar-refractivity contribution is -0.274. The van der Waals surface area contributed by atoms with Gasteiger partial charge in [-0.3, -0.25) is 4.79 Å². The highest BCUT2D eigenvalue weighted by molar-refractivity contribution is 5.95. The molecule has 1 aromatic carbocycles. The van der Waals surface area contributed by atoms with Gasteiger partial charge < -0.3 is 15.4 Å². The van der Waals surface area contributed by atoms with Crippen LogP contribution in [0.2, 0.25) is 0 Å². The molecule has 1 heterocycles. The Kier molecular flexibility index (Phi) is 5.47.